The quantitative estimate of drug-likeness (QED) is 0.847. The van der Waals surface area contributed by atoms with Crippen LogP contribution in [-0.4, -0.2) is 24.1 Å². The number of aliphatic imine (C=N–C) groups is 1. The fourth-order valence-electron chi connectivity index (χ4n) is 2.27. The molecule has 1 atom stereocenters. The molecule has 2 aromatic rings. The molecule has 0 fully saturated rings. The van der Waals surface area contributed by atoms with Gasteiger partial charge < -0.3 is 10.1 Å². The van der Waals surface area contributed by atoms with E-state index in [4.69, 9.17) is 4.74 Å². The van der Waals surface area contributed by atoms with Gasteiger partial charge in [-0.15, -0.1) is 0 Å². The van der Waals surface area contributed by atoms with Crippen LogP contribution in [0.3, 0.4) is 0 Å². The number of halogens is 1. The zero-order chi connectivity index (χ0) is 15.4. The van der Waals surface area contributed by atoms with Crippen LogP contribution in [0.4, 0.5) is 5.69 Å². The summed E-state index contributed by atoms with van der Waals surface area (Å²) in [6, 6.07) is 16.4. The molecule has 0 saturated heterocycles. The molecule has 0 amide bonds. The van der Waals surface area contributed by atoms with Crippen molar-refractivity contribution < 1.29 is 4.74 Å². The number of hydrogen-bond acceptors (Lipinski definition) is 4. The van der Waals surface area contributed by atoms with E-state index in [0.29, 0.717) is 5.25 Å². The number of nitrogens with one attached hydrogen (secondary N) is 1. The van der Waals surface area contributed by atoms with Crippen molar-refractivity contribution in [3.05, 3.63) is 58.6 Å². The maximum absolute atomic E-state index is 5.16. The molecular formula is C17H17BrN2OS. The molecule has 0 spiro atoms. The normalized spacial score (nSPS) is 17.2. The van der Waals surface area contributed by atoms with Crippen LogP contribution in [0.1, 0.15) is 5.56 Å². The number of ether oxygens (including phenoxy) is 1. The minimum atomic E-state index is 0.502. The average molecular weight is 377 g/mol. The molecule has 0 unspecified atom stereocenters. The number of hydrogen-bond donors (Lipinski definition) is 1. The summed E-state index contributed by atoms with van der Waals surface area (Å²) in [5.41, 5.74) is 2.39. The molecule has 22 heavy (non-hydrogen) atoms. The van der Waals surface area contributed by atoms with Gasteiger partial charge in [0, 0.05) is 15.4 Å². The van der Waals surface area contributed by atoms with Gasteiger partial charge in [0.05, 0.1) is 13.7 Å². The van der Waals surface area contributed by atoms with Crippen molar-refractivity contribution in [2.45, 2.75) is 11.7 Å². The number of methoxy groups -OCH3 is 1. The summed E-state index contributed by atoms with van der Waals surface area (Å²) >= 11 is 5.28. The Balaban J connectivity index is 1.53. The fraction of sp³-hybridized carbons (Fsp3) is 0.235. The van der Waals surface area contributed by atoms with E-state index < -0.39 is 0 Å². The molecule has 1 N–H and O–H groups in total. The van der Waals surface area contributed by atoms with Crippen molar-refractivity contribution in [3.8, 4) is 5.75 Å². The smallest absolute Gasteiger partial charge is 0.161 e. The molecule has 3 rings (SSSR count). The molecule has 3 nitrogen and oxygen atoms in total. The summed E-state index contributed by atoms with van der Waals surface area (Å²) in [7, 11) is 1.67. The maximum atomic E-state index is 5.16. The molecule has 0 bridgehead atoms. The van der Waals surface area contributed by atoms with Gasteiger partial charge >= 0.3 is 0 Å². The highest BCUT2D eigenvalue weighted by atomic mass is 79.9. The third-order valence-corrected chi connectivity index (χ3v) is 5.07. The molecule has 114 valence electrons. The van der Waals surface area contributed by atoms with E-state index in [9.17, 15) is 0 Å². The third kappa shape index (κ3) is 4.05. The van der Waals surface area contributed by atoms with Crippen molar-refractivity contribution in [2.24, 2.45) is 4.99 Å². The highest BCUT2D eigenvalue weighted by molar-refractivity contribution is 9.10. The van der Waals surface area contributed by atoms with E-state index in [0.717, 1.165) is 34.0 Å². The number of rotatable bonds is 4. The average Bonchev–Trinajstić information content (AvgIpc) is 2.97. The van der Waals surface area contributed by atoms with Gasteiger partial charge in [0.25, 0.3) is 0 Å². The summed E-state index contributed by atoms with van der Waals surface area (Å²) in [6.07, 6.45) is 1.04. The molecule has 5 heteroatoms. The second-order valence-corrected chi connectivity index (χ2v) is 7.27. The molecule has 1 aliphatic heterocycles. The van der Waals surface area contributed by atoms with Crippen molar-refractivity contribution in [1.29, 1.82) is 0 Å². The molecule has 0 saturated carbocycles. The van der Waals surface area contributed by atoms with Gasteiger partial charge in [0.1, 0.15) is 5.75 Å². The van der Waals surface area contributed by atoms with E-state index in [1.165, 1.54) is 5.56 Å². The van der Waals surface area contributed by atoms with E-state index in [2.05, 4.69) is 50.5 Å². The van der Waals surface area contributed by atoms with E-state index in [1.807, 2.05) is 36.0 Å². The van der Waals surface area contributed by atoms with Gasteiger partial charge in [0.2, 0.25) is 0 Å². The monoisotopic (exact) mass is 376 g/mol. The van der Waals surface area contributed by atoms with Gasteiger partial charge in [-0.3, -0.25) is 4.99 Å². The van der Waals surface area contributed by atoms with Gasteiger partial charge in [0.15, 0.2) is 5.17 Å². The number of thioether (sulfide) groups is 1. The predicted molar refractivity (Wildman–Crippen MR) is 98.1 cm³/mol. The van der Waals surface area contributed by atoms with Gasteiger partial charge in [-0.2, -0.15) is 0 Å². The molecule has 1 aliphatic rings. The number of amidine groups is 1. The van der Waals surface area contributed by atoms with Crippen molar-refractivity contribution in [1.82, 2.24) is 0 Å². The van der Waals surface area contributed by atoms with Crippen LogP contribution in [0.2, 0.25) is 0 Å². The highest BCUT2D eigenvalue weighted by Crippen LogP contribution is 2.26. The Bertz CT molecular complexity index is 655. The van der Waals surface area contributed by atoms with E-state index in [1.54, 1.807) is 7.11 Å². The second-order valence-electron chi connectivity index (χ2n) is 5.07. The lowest BCUT2D eigenvalue weighted by atomic mass is 10.1. The van der Waals surface area contributed by atoms with Crippen LogP contribution in [0.15, 0.2) is 58.0 Å². The van der Waals surface area contributed by atoms with Crippen LogP contribution in [0, 0.1) is 0 Å². The molecule has 0 aromatic heterocycles. The number of anilines is 1. The Morgan fingerprint density at radius 3 is 2.59 bits per heavy atom. The summed E-state index contributed by atoms with van der Waals surface area (Å²) in [5, 5.41) is 4.86. The molecule has 0 aliphatic carbocycles. The summed E-state index contributed by atoms with van der Waals surface area (Å²) in [4.78, 5) is 4.60. The van der Waals surface area contributed by atoms with Crippen molar-refractivity contribution in [2.75, 3.05) is 19.0 Å². The topological polar surface area (TPSA) is 33.6 Å². The van der Waals surface area contributed by atoms with Crippen LogP contribution < -0.4 is 10.1 Å². The van der Waals surface area contributed by atoms with Crippen molar-refractivity contribution in [3.63, 3.8) is 0 Å². The highest BCUT2D eigenvalue weighted by Gasteiger charge is 2.20. The van der Waals surface area contributed by atoms with E-state index in [-0.39, 0.29) is 0 Å². The molecule has 0 radical (unpaired) electrons. The Morgan fingerprint density at radius 2 is 1.91 bits per heavy atom. The zero-order valence-corrected chi connectivity index (χ0v) is 14.7. The minimum absolute atomic E-state index is 0.502. The predicted octanol–water partition coefficient (Wildman–Crippen LogP) is 4.58. The van der Waals surface area contributed by atoms with Crippen LogP contribution in [-0.2, 0) is 6.42 Å². The van der Waals surface area contributed by atoms with Crippen LogP contribution in [0.25, 0.3) is 0 Å². The molecule has 1 heterocycles. The molecular weight excluding hydrogens is 360 g/mol. The third-order valence-electron chi connectivity index (χ3n) is 3.43. The first-order valence-corrected chi connectivity index (χ1v) is 8.77. The van der Waals surface area contributed by atoms with Crippen LogP contribution in [0.5, 0.6) is 5.75 Å². The Labute approximate surface area is 143 Å². The summed E-state index contributed by atoms with van der Waals surface area (Å²) in [6.45, 7) is 0.860. The summed E-state index contributed by atoms with van der Waals surface area (Å²) < 4.78 is 6.28. The lowest BCUT2D eigenvalue weighted by Crippen LogP contribution is -2.10. The van der Waals surface area contributed by atoms with Gasteiger partial charge in [-0.25, -0.2) is 0 Å². The Hall–Kier alpha value is -1.46. The minimum Gasteiger partial charge on any atom is -0.497 e. The van der Waals surface area contributed by atoms with Gasteiger partial charge in [-0.1, -0.05) is 39.8 Å². The maximum Gasteiger partial charge on any atom is 0.161 e. The standard InChI is InChI=1S/C17H17BrN2OS/c1-21-15-8-6-14(7-9-15)20-17-19-11-16(22-17)10-12-2-4-13(18)5-3-12/h2-9,16H,10-11H2,1H3,(H,19,20)/t16-/m1/s1. The number of benzene rings is 2. The first-order chi connectivity index (χ1) is 10.7. The lowest BCUT2D eigenvalue weighted by molar-refractivity contribution is 0.415. The Kier molecular flexibility index (Phi) is 5.05. The van der Waals surface area contributed by atoms with Gasteiger partial charge in [-0.05, 0) is 48.4 Å². The molecule has 2 aromatic carbocycles. The first-order valence-electron chi connectivity index (χ1n) is 7.09. The Morgan fingerprint density at radius 1 is 1.18 bits per heavy atom. The summed E-state index contributed by atoms with van der Waals surface area (Å²) in [5.74, 6) is 0.861. The second kappa shape index (κ2) is 7.20. The van der Waals surface area contributed by atoms with Crippen molar-refractivity contribution >= 4 is 38.5 Å². The van der Waals surface area contributed by atoms with E-state index >= 15 is 0 Å². The SMILES string of the molecule is COc1ccc(NC2=NC[C@@H](Cc3ccc(Br)cc3)S2)cc1. The number of nitrogens with zero attached hydrogens (tertiary/aromatic N) is 1. The zero-order valence-electron chi connectivity index (χ0n) is 12.3. The lowest BCUT2D eigenvalue weighted by Gasteiger charge is -2.10. The van der Waals surface area contributed by atoms with Crippen LogP contribution >= 0.6 is 27.7 Å². The largest absolute Gasteiger partial charge is 0.497 e. The first kappa shape index (κ1) is 15.4. The fourth-order valence-corrected chi connectivity index (χ4v) is 3.60.